The van der Waals surface area contributed by atoms with Crippen LogP contribution in [0.5, 0.6) is 0 Å². The number of nitrogens with one attached hydrogen (secondary N) is 1. The number of piperazine rings is 1. The van der Waals surface area contributed by atoms with Crippen LogP contribution in [0.3, 0.4) is 0 Å². The second-order valence-corrected chi connectivity index (χ2v) is 10.00. The van der Waals surface area contributed by atoms with Crippen LogP contribution in [0.25, 0.3) is 0 Å². The molecule has 8 nitrogen and oxygen atoms in total. The Kier molecular flexibility index (Phi) is 6.77. The van der Waals surface area contributed by atoms with Crippen molar-refractivity contribution in [3.63, 3.8) is 0 Å². The molecule has 0 radical (unpaired) electrons. The summed E-state index contributed by atoms with van der Waals surface area (Å²) in [5.41, 5.74) is 3.04. The predicted molar refractivity (Wildman–Crippen MR) is 108 cm³/mol. The van der Waals surface area contributed by atoms with Crippen molar-refractivity contribution in [1.82, 2.24) is 23.7 Å². The minimum absolute atomic E-state index is 0.0812. The lowest BCUT2D eigenvalue weighted by atomic mass is 9.96. The van der Waals surface area contributed by atoms with Gasteiger partial charge in [0, 0.05) is 51.4 Å². The Labute approximate surface area is 168 Å². The highest BCUT2D eigenvalue weighted by molar-refractivity contribution is 7.86. The van der Waals surface area contributed by atoms with Crippen LogP contribution in [0, 0.1) is 13.8 Å². The lowest BCUT2D eigenvalue weighted by molar-refractivity contribution is -0.132. The third-order valence-corrected chi connectivity index (χ3v) is 8.28. The van der Waals surface area contributed by atoms with E-state index < -0.39 is 10.2 Å². The zero-order valence-electron chi connectivity index (χ0n) is 17.3. The highest BCUT2D eigenvalue weighted by atomic mass is 32.2. The first-order chi connectivity index (χ1) is 13.3. The topological polar surface area (TPSA) is 89.6 Å². The van der Waals surface area contributed by atoms with Crippen LogP contribution in [0.4, 0.5) is 0 Å². The maximum Gasteiger partial charge on any atom is 0.282 e. The fourth-order valence-electron chi connectivity index (χ4n) is 4.32. The molecular weight excluding hydrogens is 378 g/mol. The summed E-state index contributed by atoms with van der Waals surface area (Å²) in [4.78, 5) is 14.4. The molecule has 1 N–H and O–H groups in total. The van der Waals surface area contributed by atoms with Gasteiger partial charge < -0.3 is 4.90 Å². The Morgan fingerprint density at radius 3 is 2.36 bits per heavy atom. The van der Waals surface area contributed by atoms with Gasteiger partial charge in [0.2, 0.25) is 5.91 Å². The maximum absolute atomic E-state index is 13.0. The van der Waals surface area contributed by atoms with Crippen molar-refractivity contribution in [3.05, 3.63) is 17.0 Å². The second kappa shape index (κ2) is 8.92. The van der Waals surface area contributed by atoms with Crippen molar-refractivity contribution in [2.24, 2.45) is 0 Å². The minimum atomic E-state index is -3.45. The van der Waals surface area contributed by atoms with Crippen LogP contribution in [-0.4, -0.2) is 77.3 Å². The number of hydrogen-bond donors (Lipinski definition) is 1. The number of rotatable bonds is 6. The average Bonchev–Trinajstić information content (AvgIpc) is 3.03. The summed E-state index contributed by atoms with van der Waals surface area (Å²) < 4.78 is 29.0. The van der Waals surface area contributed by atoms with Gasteiger partial charge in [-0.05, 0) is 38.7 Å². The molecule has 0 spiro atoms. The van der Waals surface area contributed by atoms with Crippen molar-refractivity contribution < 1.29 is 13.2 Å². The number of carbonyl (C=O) groups excluding carboxylic acids is 1. The number of aromatic nitrogens is 2. The van der Waals surface area contributed by atoms with Gasteiger partial charge in [0.15, 0.2) is 0 Å². The molecule has 1 saturated heterocycles. The average molecular weight is 412 g/mol. The third-order valence-electron chi connectivity index (χ3n) is 6.24. The van der Waals surface area contributed by atoms with E-state index in [1.54, 1.807) is 16.3 Å². The van der Waals surface area contributed by atoms with Crippen molar-refractivity contribution in [1.29, 1.82) is 0 Å². The van der Waals surface area contributed by atoms with Gasteiger partial charge in [-0.2, -0.15) is 22.1 Å². The van der Waals surface area contributed by atoms with Crippen LogP contribution in [0.2, 0.25) is 0 Å². The second-order valence-electron chi connectivity index (χ2n) is 8.01. The van der Waals surface area contributed by atoms with E-state index >= 15 is 0 Å². The molecule has 0 aromatic carbocycles. The summed E-state index contributed by atoms with van der Waals surface area (Å²) in [5.74, 6) is 0.0812. The summed E-state index contributed by atoms with van der Waals surface area (Å²) in [6, 6.07) is 0.111. The van der Waals surface area contributed by atoms with Gasteiger partial charge >= 0.3 is 0 Å². The quantitative estimate of drug-likeness (QED) is 0.770. The smallest absolute Gasteiger partial charge is 0.282 e. The zero-order valence-corrected chi connectivity index (χ0v) is 18.1. The summed E-state index contributed by atoms with van der Waals surface area (Å²) in [6.07, 6.45) is 6.38. The summed E-state index contributed by atoms with van der Waals surface area (Å²) in [7, 11) is -1.75. The first-order valence-electron chi connectivity index (χ1n) is 10.3. The number of carbonyl (C=O) groups is 1. The molecule has 1 aliphatic carbocycles. The van der Waals surface area contributed by atoms with E-state index in [0.717, 1.165) is 42.6 Å². The van der Waals surface area contributed by atoms with E-state index in [1.807, 2.05) is 13.8 Å². The fourth-order valence-corrected chi connectivity index (χ4v) is 5.89. The van der Waals surface area contributed by atoms with Gasteiger partial charge in [-0.25, -0.2) is 0 Å². The Balaban J connectivity index is 1.51. The van der Waals surface area contributed by atoms with Crippen molar-refractivity contribution >= 4 is 16.1 Å². The van der Waals surface area contributed by atoms with Crippen molar-refractivity contribution in [2.45, 2.75) is 64.8 Å². The van der Waals surface area contributed by atoms with Gasteiger partial charge in [0.1, 0.15) is 0 Å². The predicted octanol–water partition coefficient (Wildman–Crippen LogP) is 1.61. The van der Waals surface area contributed by atoms with Gasteiger partial charge in [-0.3, -0.25) is 9.89 Å². The van der Waals surface area contributed by atoms with E-state index in [4.69, 9.17) is 0 Å². The van der Waals surface area contributed by atoms with E-state index in [1.165, 1.54) is 10.7 Å². The SMILES string of the molecule is Cc1n[nH]c(C)c1CCC(=O)N1CCN(S(=O)(=O)N(C)C2CCCCC2)CC1. The highest BCUT2D eigenvalue weighted by Crippen LogP contribution is 2.25. The molecule has 2 aliphatic rings. The molecule has 0 unspecified atom stereocenters. The lowest BCUT2D eigenvalue weighted by Crippen LogP contribution is -2.55. The number of amides is 1. The molecule has 28 heavy (non-hydrogen) atoms. The third kappa shape index (κ3) is 4.58. The normalized spacial score (nSPS) is 20.1. The number of aromatic amines is 1. The first-order valence-corrected chi connectivity index (χ1v) is 11.7. The van der Waals surface area contributed by atoms with Crippen LogP contribution in [0.15, 0.2) is 0 Å². The summed E-state index contributed by atoms with van der Waals surface area (Å²) in [6.45, 7) is 5.56. The standard InChI is InChI=1S/C19H33N5O3S/c1-15-18(16(2)21-20-15)9-10-19(25)23-11-13-24(14-12-23)28(26,27)22(3)17-7-5-4-6-8-17/h17H,4-14H2,1-3H3,(H,20,21). The number of aryl methyl sites for hydroxylation is 2. The highest BCUT2D eigenvalue weighted by Gasteiger charge is 2.35. The van der Waals surface area contributed by atoms with E-state index in [0.29, 0.717) is 39.0 Å². The Bertz CT molecular complexity index is 758. The van der Waals surface area contributed by atoms with Crippen molar-refractivity contribution in [3.8, 4) is 0 Å². The van der Waals surface area contributed by atoms with E-state index in [9.17, 15) is 13.2 Å². The number of H-pyrrole nitrogens is 1. The molecule has 9 heteroatoms. The summed E-state index contributed by atoms with van der Waals surface area (Å²) in [5, 5.41) is 7.12. The molecule has 1 aromatic heterocycles. The molecule has 2 fully saturated rings. The molecule has 0 bridgehead atoms. The Hall–Kier alpha value is -1.45. The first kappa shape index (κ1) is 21.3. The monoisotopic (exact) mass is 411 g/mol. The largest absolute Gasteiger partial charge is 0.340 e. The van der Waals surface area contributed by atoms with Gasteiger partial charge in [-0.15, -0.1) is 0 Å². The fraction of sp³-hybridized carbons (Fsp3) is 0.789. The van der Waals surface area contributed by atoms with E-state index in [-0.39, 0.29) is 11.9 Å². The van der Waals surface area contributed by atoms with Gasteiger partial charge in [-0.1, -0.05) is 19.3 Å². The van der Waals surface area contributed by atoms with Crippen LogP contribution < -0.4 is 0 Å². The molecule has 1 aliphatic heterocycles. The maximum atomic E-state index is 13.0. The number of nitrogens with zero attached hydrogens (tertiary/aromatic N) is 4. The molecule has 2 heterocycles. The minimum Gasteiger partial charge on any atom is -0.340 e. The van der Waals surface area contributed by atoms with Gasteiger partial charge in [0.25, 0.3) is 10.2 Å². The zero-order chi connectivity index (χ0) is 20.3. The Morgan fingerprint density at radius 1 is 1.14 bits per heavy atom. The van der Waals surface area contributed by atoms with Crippen LogP contribution in [-0.2, 0) is 21.4 Å². The Morgan fingerprint density at radius 2 is 1.79 bits per heavy atom. The molecule has 1 saturated carbocycles. The molecule has 3 rings (SSSR count). The molecule has 1 amide bonds. The summed E-state index contributed by atoms with van der Waals surface area (Å²) >= 11 is 0. The number of hydrogen-bond acceptors (Lipinski definition) is 4. The van der Waals surface area contributed by atoms with Crippen LogP contribution >= 0.6 is 0 Å². The molecule has 158 valence electrons. The lowest BCUT2D eigenvalue weighted by Gasteiger charge is -2.38. The van der Waals surface area contributed by atoms with Gasteiger partial charge in [0.05, 0.1) is 5.69 Å². The molecule has 1 aromatic rings. The molecular formula is C19H33N5O3S. The van der Waals surface area contributed by atoms with Crippen LogP contribution in [0.1, 0.15) is 55.5 Å². The van der Waals surface area contributed by atoms with E-state index in [2.05, 4.69) is 10.2 Å². The molecule has 0 atom stereocenters. The van der Waals surface area contributed by atoms with Crippen molar-refractivity contribution in [2.75, 3.05) is 33.2 Å².